The number of amidine groups is 1. The predicted molar refractivity (Wildman–Crippen MR) is 117 cm³/mol. The van der Waals surface area contributed by atoms with Crippen molar-refractivity contribution in [3.63, 3.8) is 0 Å². The van der Waals surface area contributed by atoms with Crippen molar-refractivity contribution in [2.45, 2.75) is 50.2 Å². The molecule has 1 unspecified atom stereocenters. The van der Waals surface area contributed by atoms with Crippen molar-refractivity contribution in [2.24, 2.45) is 16.1 Å². The second-order valence-electron chi connectivity index (χ2n) is 8.62. The zero-order valence-electron chi connectivity index (χ0n) is 16.5. The molecule has 1 aliphatic heterocycles. The fourth-order valence-electron chi connectivity index (χ4n) is 5.97. The zero-order chi connectivity index (χ0) is 20.2. The van der Waals surface area contributed by atoms with Crippen molar-refractivity contribution in [3.05, 3.63) is 68.7 Å². The quantitative estimate of drug-likeness (QED) is 0.727. The minimum Gasteiger partial charge on any atom is -0.383 e. The maximum atomic E-state index is 9.12. The summed E-state index contributed by atoms with van der Waals surface area (Å²) in [6.07, 6.45) is 5.95. The van der Waals surface area contributed by atoms with E-state index in [9.17, 15) is 0 Å². The van der Waals surface area contributed by atoms with Gasteiger partial charge in [-0.25, -0.2) is 0 Å². The van der Waals surface area contributed by atoms with Crippen molar-refractivity contribution >= 4 is 21.8 Å². The van der Waals surface area contributed by atoms with Crippen LogP contribution < -0.4 is 5.73 Å². The number of methoxy groups -OCH3 is 1. The lowest BCUT2D eigenvalue weighted by Gasteiger charge is -2.47. The number of nitriles is 1. The Bertz CT molecular complexity index is 1060. The van der Waals surface area contributed by atoms with Crippen molar-refractivity contribution in [2.75, 3.05) is 7.11 Å². The minimum absolute atomic E-state index is 0.0117. The van der Waals surface area contributed by atoms with E-state index in [1.165, 1.54) is 16.7 Å². The largest absolute Gasteiger partial charge is 0.383 e. The van der Waals surface area contributed by atoms with Crippen molar-refractivity contribution in [1.29, 1.82) is 5.26 Å². The van der Waals surface area contributed by atoms with Gasteiger partial charge in [0, 0.05) is 22.6 Å². The SMILES string of the molecule is COC1CCC2(CC1)Cc1ccc(Br)cc1C21N=C(N)c2cc(CC#N)ccc21. The first-order chi connectivity index (χ1) is 14.0. The topological polar surface area (TPSA) is 71.4 Å². The molecule has 2 N–H and O–H groups in total. The van der Waals surface area contributed by atoms with Crippen LogP contribution in [0.4, 0.5) is 0 Å². The summed E-state index contributed by atoms with van der Waals surface area (Å²) < 4.78 is 6.75. The number of nitrogens with two attached hydrogens (primary N) is 1. The van der Waals surface area contributed by atoms with Gasteiger partial charge in [-0.2, -0.15) is 5.26 Å². The summed E-state index contributed by atoms with van der Waals surface area (Å²) in [5.41, 5.74) is 11.9. The Morgan fingerprint density at radius 2 is 2.00 bits per heavy atom. The molecule has 1 atom stereocenters. The van der Waals surface area contributed by atoms with E-state index < -0.39 is 5.54 Å². The summed E-state index contributed by atoms with van der Waals surface area (Å²) in [5.74, 6) is 0.598. The number of fused-ring (bicyclic) bond motifs is 5. The Kier molecular flexibility index (Phi) is 4.34. The van der Waals surface area contributed by atoms with E-state index in [2.05, 4.69) is 58.4 Å². The van der Waals surface area contributed by atoms with E-state index in [4.69, 9.17) is 20.7 Å². The highest BCUT2D eigenvalue weighted by Crippen LogP contribution is 2.64. The Balaban J connectivity index is 1.73. The molecule has 3 aliphatic rings. The molecule has 2 aliphatic carbocycles. The fraction of sp³-hybridized carbons (Fsp3) is 0.417. The van der Waals surface area contributed by atoms with Gasteiger partial charge in [0.1, 0.15) is 11.4 Å². The third kappa shape index (κ3) is 2.55. The molecule has 0 aromatic heterocycles. The molecule has 1 fully saturated rings. The number of hydrogen-bond acceptors (Lipinski definition) is 4. The van der Waals surface area contributed by atoms with Crippen LogP contribution in [0.2, 0.25) is 0 Å². The zero-order valence-corrected chi connectivity index (χ0v) is 18.1. The molecule has 2 aromatic carbocycles. The Labute approximate surface area is 179 Å². The molecule has 1 heterocycles. The third-order valence-electron chi connectivity index (χ3n) is 7.30. The number of nitrogens with zero attached hydrogens (tertiary/aromatic N) is 2. The molecule has 5 heteroatoms. The molecule has 0 saturated heterocycles. The number of benzene rings is 2. The summed E-state index contributed by atoms with van der Waals surface area (Å²) in [5, 5.41) is 9.12. The van der Waals surface area contributed by atoms with Crippen molar-refractivity contribution in [3.8, 4) is 6.07 Å². The average Bonchev–Trinajstić information content (AvgIpc) is 3.16. The predicted octanol–water partition coefficient (Wildman–Crippen LogP) is 4.61. The van der Waals surface area contributed by atoms with Gasteiger partial charge in [0.15, 0.2) is 0 Å². The molecule has 2 aromatic rings. The van der Waals surface area contributed by atoms with Crippen molar-refractivity contribution in [1.82, 2.24) is 0 Å². The van der Waals surface area contributed by atoms with Gasteiger partial charge < -0.3 is 10.5 Å². The van der Waals surface area contributed by atoms with Crippen LogP contribution in [0.15, 0.2) is 45.9 Å². The maximum absolute atomic E-state index is 9.12. The standard InChI is InChI=1S/C24H24BrN3O/c1-29-18-6-9-23(10-7-18)14-16-3-4-17(25)13-21(16)24(23)20-5-2-15(8-11-26)12-19(20)22(27)28-24/h2-5,12-13,18H,6-10,14H2,1H3,(H2,27,28). The van der Waals surface area contributed by atoms with Crippen LogP contribution >= 0.6 is 15.9 Å². The van der Waals surface area contributed by atoms with E-state index >= 15 is 0 Å². The van der Waals surface area contributed by atoms with Gasteiger partial charge in [-0.1, -0.05) is 34.1 Å². The van der Waals surface area contributed by atoms with Gasteiger partial charge in [0.05, 0.1) is 18.6 Å². The molecule has 4 nitrogen and oxygen atoms in total. The van der Waals surface area contributed by atoms with Gasteiger partial charge in [-0.3, -0.25) is 4.99 Å². The minimum atomic E-state index is -0.449. The molecule has 0 radical (unpaired) electrons. The van der Waals surface area contributed by atoms with Gasteiger partial charge in [0.25, 0.3) is 0 Å². The monoisotopic (exact) mass is 449 g/mol. The first-order valence-corrected chi connectivity index (χ1v) is 11.0. The van der Waals surface area contributed by atoms with E-state index in [0.717, 1.165) is 47.7 Å². The lowest BCUT2D eigenvalue weighted by atomic mass is 9.59. The molecule has 5 rings (SSSR count). The Hall–Kier alpha value is -2.16. The van der Waals surface area contributed by atoms with Crippen LogP contribution in [-0.2, 0) is 23.1 Å². The second-order valence-corrected chi connectivity index (χ2v) is 9.53. The summed E-state index contributed by atoms with van der Waals surface area (Å²) in [6.45, 7) is 0. The molecular formula is C24H24BrN3O. The third-order valence-corrected chi connectivity index (χ3v) is 7.80. The summed E-state index contributed by atoms with van der Waals surface area (Å²) in [4.78, 5) is 5.25. The number of rotatable bonds is 2. The Morgan fingerprint density at radius 3 is 2.72 bits per heavy atom. The van der Waals surface area contributed by atoms with Gasteiger partial charge in [0.2, 0.25) is 0 Å². The number of halogens is 1. The van der Waals surface area contributed by atoms with Crippen LogP contribution in [0.3, 0.4) is 0 Å². The highest BCUT2D eigenvalue weighted by atomic mass is 79.9. The molecule has 29 heavy (non-hydrogen) atoms. The van der Waals surface area contributed by atoms with E-state index in [0.29, 0.717) is 18.4 Å². The number of ether oxygens (including phenoxy) is 1. The lowest BCUT2D eigenvalue weighted by Crippen LogP contribution is -2.45. The van der Waals surface area contributed by atoms with Crippen LogP contribution in [0.25, 0.3) is 0 Å². The summed E-state index contributed by atoms with van der Waals surface area (Å²) in [7, 11) is 1.82. The number of aliphatic imine (C=N–C) groups is 1. The molecule has 1 saturated carbocycles. The van der Waals surface area contributed by atoms with Gasteiger partial charge in [-0.15, -0.1) is 0 Å². The maximum Gasteiger partial charge on any atom is 0.127 e. The van der Waals surface area contributed by atoms with Gasteiger partial charge >= 0.3 is 0 Å². The Morgan fingerprint density at radius 1 is 1.21 bits per heavy atom. The molecule has 2 spiro atoms. The van der Waals surface area contributed by atoms with Crippen molar-refractivity contribution < 1.29 is 4.74 Å². The average molecular weight is 450 g/mol. The van der Waals surface area contributed by atoms with Crippen LogP contribution in [0, 0.1) is 16.7 Å². The molecule has 0 amide bonds. The van der Waals surface area contributed by atoms with E-state index in [1.807, 2.05) is 7.11 Å². The lowest BCUT2D eigenvalue weighted by molar-refractivity contribution is 0.00684. The summed E-state index contributed by atoms with van der Waals surface area (Å²) in [6, 6.07) is 15.2. The van der Waals surface area contributed by atoms with Crippen LogP contribution in [-0.4, -0.2) is 19.0 Å². The van der Waals surface area contributed by atoms with E-state index in [-0.39, 0.29) is 5.41 Å². The number of hydrogen-bond donors (Lipinski definition) is 1. The highest BCUT2D eigenvalue weighted by Gasteiger charge is 2.62. The first-order valence-electron chi connectivity index (χ1n) is 10.2. The van der Waals surface area contributed by atoms with Crippen LogP contribution in [0.1, 0.15) is 53.5 Å². The van der Waals surface area contributed by atoms with Gasteiger partial charge in [-0.05, 0) is 72.6 Å². The normalized spacial score (nSPS) is 29.6. The highest BCUT2D eigenvalue weighted by molar-refractivity contribution is 9.10. The molecule has 0 bridgehead atoms. The fourth-order valence-corrected chi connectivity index (χ4v) is 6.33. The molecule has 148 valence electrons. The summed E-state index contributed by atoms with van der Waals surface area (Å²) >= 11 is 3.68. The first kappa shape index (κ1) is 18.8. The second kappa shape index (κ2) is 6.68. The van der Waals surface area contributed by atoms with Crippen LogP contribution in [0.5, 0.6) is 0 Å². The molecular weight excluding hydrogens is 426 g/mol. The van der Waals surface area contributed by atoms with E-state index in [1.54, 1.807) is 0 Å². The smallest absolute Gasteiger partial charge is 0.127 e.